The van der Waals surface area contributed by atoms with Crippen molar-refractivity contribution in [1.82, 2.24) is 9.88 Å². The van der Waals surface area contributed by atoms with Crippen molar-refractivity contribution in [3.05, 3.63) is 59.7 Å². The highest BCUT2D eigenvalue weighted by molar-refractivity contribution is 5.92. The summed E-state index contributed by atoms with van der Waals surface area (Å²) in [4.78, 5) is 18.1. The maximum atomic E-state index is 12.5. The Bertz CT molecular complexity index is 927. The highest BCUT2D eigenvalue weighted by atomic mass is 16.5. The van der Waals surface area contributed by atoms with Gasteiger partial charge in [-0.05, 0) is 25.0 Å². The van der Waals surface area contributed by atoms with Crippen LogP contribution in [0.1, 0.15) is 30.0 Å². The third kappa shape index (κ3) is 2.90. The van der Waals surface area contributed by atoms with E-state index in [0.29, 0.717) is 19.6 Å². The number of H-pyrrole nitrogens is 1. The fourth-order valence-electron chi connectivity index (χ4n) is 3.96. The molecule has 3 aromatic rings. The number of carbonyl (C=O) groups is 1. The minimum absolute atomic E-state index is 0.0881. The Morgan fingerprint density at radius 2 is 1.92 bits per heavy atom. The zero-order valence-electron chi connectivity index (χ0n) is 15.3. The van der Waals surface area contributed by atoms with Crippen LogP contribution in [0.5, 0.6) is 0 Å². The number of aromatic nitrogens is 1. The zero-order chi connectivity index (χ0) is 18.1. The SMILES string of the molecule is COCCN1C(=O)CC[C@@H]1c1c(-c2ccc(C)cc2)[nH]c2ccccc12. The van der Waals surface area contributed by atoms with Gasteiger partial charge in [0.2, 0.25) is 5.91 Å². The molecule has 1 aliphatic rings. The van der Waals surface area contributed by atoms with Crippen molar-refractivity contribution in [3.8, 4) is 11.3 Å². The highest BCUT2D eigenvalue weighted by Gasteiger charge is 2.35. The lowest BCUT2D eigenvalue weighted by Crippen LogP contribution is -2.31. The summed E-state index contributed by atoms with van der Waals surface area (Å²) in [5.74, 6) is 0.215. The first-order chi connectivity index (χ1) is 12.7. The van der Waals surface area contributed by atoms with E-state index in [4.69, 9.17) is 4.74 Å². The number of rotatable bonds is 5. The molecular weight excluding hydrogens is 324 g/mol. The van der Waals surface area contributed by atoms with E-state index in [2.05, 4.69) is 54.4 Å². The van der Waals surface area contributed by atoms with Crippen molar-refractivity contribution in [2.75, 3.05) is 20.3 Å². The molecule has 26 heavy (non-hydrogen) atoms. The fourth-order valence-corrected chi connectivity index (χ4v) is 3.96. The van der Waals surface area contributed by atoms with Crippen LogP contribution in [0.15, 0.2) is 48.5 Å². The first-order valence-electron chi connectivity index (χ1n) is 9.15. The van der Waals surface area contributed by atoms with Crippen LogP contribution in [0.3, 0.4) is 0 Å². The normalized spacial score (nSPS) is 17.4. The second-order valence-electron chi connectivity index (χ2n) is 6.96. The maximum absolute atomic E-state index is 12.5. The summed E-state index contributed by atoms with van der Waals surface area (Å²) in [6, 6.07) is 17.0. The summed E-state index contributed by atoms with van der Waals surface area (Å²) in [6.07, 6.45) is 1.45. The van der Waals surface area contributed by atoms with Gasteiger partial charge in [0.1, 0.15) is 0 Å². The Balaban J connectivity index is 1.86. The number of carbonyl (C=O) groups excluding carboxylic acids is 1. The fraction of sp³-hybridized carbons (Fsp3) is 0.318. The quantitative estimate of drug-likeness (QED) is 0.740. The first-order valence-corrected chi connectivity index (χ1v) is 9.15. The van der Waals surface area contributed by atoms with Gasteiger partial charge in [-0.3, -0.25) is 4.79 Å². The monoisotopic (exact) mass is 348 g/mol. The molecule has 1 aromatic heterocycles. The second kappa shape index (κ2) is 6.96. The molecule has 0 spiro atoms. The van der Waals surface area contributed by atoms with Crippen molar-refractivity contribution in [3.63, 3.8) is 0 Å². The van der Waals surface area contributed by atoms with Crippen LogP contribution in [0, 0.1) is 6.92 Å². The number of fused-ring (bicyclic) bond motifs is 1. The number of ether oxygens (including phenoxy) is 1. The van der Waals surface area contributed by atoms with E-state index in [1.165, 1.54) is 16.5 Å². The highest BCUT2D eigenvalue weighted by Crippen LogP contribution is 2.42. The predicted molar refractivity (Wildman–Crippen MR) is 104 cm³/mol. The molecule has 1 fully saturated rings. The molecule has 1 N–H and O–H groups in total. The summed E-state index contributed by atoms with van der Waals surface area (Å²) in [5, 5.41) is 1.20. The van der Waals surface area contributed by atoms with Crippen molar-refractivity contribution >= 4 is 16.8 Å². The van der Waals surface area contributed by atoms with Gasteiger partial charge >= 0.3 is 0 Å². The smallest absolute Gasteiger partial charge is 0.223 e. The number of amides is 1. The largest absolute Gasteiger partial charge is 0.383 e. The molecule has 1 saturated heterocycles. The van der Waals surface area contributed by atoms with Crippen LogP contribution >= 0.6 is 0 Å². The average molecular weight is 348 g/mol. The molecule has 4 heteroatoms. The molecular formula is C22H24N2O2. The number of benzene rings is 2. The Labute approximate surface area is 153 Å². The number of likely N-dealkylation sites (tertiary alicyclic amines) is 1. The van der Waals surface area contributed by atoms with Crippen LogP contribution in [0.2, 0.25) is 0 Å². The number of nitrogens with one attached hydrogen (secondary N) is 1. The molecule has 2 aromatic carbocycles. The molecule has 0 radical (unpaired) electrons. The standard InChI is InChI=1S/C22H24N2O2/c1-15-7-9-16(10-8-15)22-21(17-5-3-4-6-18(17)23-22)19-11-12-20(25)24(19)13-14-26-2/h3-10,19,23H,11-14H2,1-2H3/t19-/m1/s1. The molecule has 0 aliphatic carbocycles. The topological polar surface area (TPSA) is 45.3 Å². The predicted octanol–water partition coefficient (Wildman–Crippen LogP) is 4.45. The molecule has 4 rings (SSSR count). The van der Waals surface area contributed by atoms with Crippen molar-refractivity contribution < 1.29 is 9.53 Å². The molecule has 1 amide bonds. The van der Waals surface area contributed by atoms with Gasteiger partial charge in [-0.2, -0.15) is 0 Å². The molecule has 134 valence electrons. The molecule has 2 heterocycles. The average Bonchev–Trinajstić information content (AvgIpc) is 3.21. The van der Waals surface area contributed by atoms with Gasteiger partial charge in [-0.25, -0.2) is 0 Å². The summed E-state index contributed by atoms with van der Waals surface area (Å²) >= 11 is 0. The van der Waals surface area contributed by atoms with Crippen LogP contribution in [0.25, 0.3) is 22.2 Å². The van der Waals surface area contributed by atoms with E-state index < -0.39 is 0 Å². The number of nitrogens with zero attached hydrogens (tertiary/aromatic N) is 1. The number of hydrogen-bond donors (Lipinski definition) is 1. The molecule has 4 nitrogen and oxygen atoms in total. The van der Waals surface area contributed by atoms with Gasteiger partial charge in [0, 0.05) is 36.5 Å². The summed E-state index contributed by atoms with van der Waals surface area (Å²) in [7, 11) is 1.68. The lowest BCUT2D eigenvalue weighted by Gasteiger charge is -2.25. The lowest BCUT2D eigenvalue weighted by atomic mass is 9.96. The first kappa shape index (κ1) is 16.9. The van der Waals surface area contributed by atoms with Crippen molar-refractivity contribution in [2.45, 2.75) is 25.8 Å². The second-order valence-corrected chi connectivity index (χ2v) is 6.96. The van der Waals surface area contributed by atoms with Gasteiger partial charge in [-0.1, -0.05) is 48.0 Å². The van der Waals surface area contributed by atoms with Gasteiger partial charge in [0.05, 0.1) is 18.3 Å². The summed E-state index contributed by atoms with van der Waals surface area (Å²) < 4.78 is 5.23. The Kier molecular flexibility index (Phi) is 4.51. The van der Waals surface area contributed by atoms with Crippen LogP contribution in [-0.4, -0.2) is 36.1 Å². The van der Waals surface area contributed by atoms with Gasteiger partial charge in [0.25, 0.3) is 0 Å². The molecule has 0 bridgehead atoms. The van der Waals surface area contributed by atoms with E-state index in [1.54, 1.807) is 7.11 Å². The van der Waals surface area contributed by atoms with Crippen molar-refractivity contribution in [1.29, 1.82) is 0 Å². The van der Waals surface area contributed by atoms with Gasteiger partial charge in [0.15, 0.2) is 0 Å². The minimum Gasteiger partial charge on any atom is -0.383 e. The lowest BCUT2D eigenvalue weighted by molar-refractivity contribution is -0.129. The molecule has 1 atom stereocenters. The third-order valence-corrected chi connectivity index (χ3v) is 5.28. The molecule has 0 saturated carbocycles. The van der Waals surface area contributed by atoms with Gasteiger partial charge < -0.3 is 14.6 Å². The summed E-state index contributed by atoms with van der Waals surface area (Å²) in [6.45, 7) is 3.29. The number of aryl methyl sites for hydroxylation is 1. The van der Waals surface area contributed by atoms with E-state index in [-0.39, 0.29) is 11.9 Å². The Hall–Kier alpha value is -2.59. The molecule has 0 unspecified atom stereocenters. The number of hydrogen-bond acceptors (Lipinski definition) is 2. The number of aromatic amines is 1. The maximum Gasteiger partial charge on any atom is 0.223 e. The number of methoxy groups -OCH3 is 1. The zero-order valence-corrected chi connectivity index (χ0v) is 15.3. The van der Waals surface area contributed by atoms with Crippen LogP contribution < -0.4 is 0 Å². The van der Waals surface area contributed by atoms with Crippen LogP contribution in [-0.2, 0) is 9.53 Å². The van der Waals surface area contributed by atoms with Gasteiger partial charge in [-0.15, -0.1) is 0 Å². The van der Waals surface area contributed by atoms with Crippen molar-refractivity contribution in [2.24, 2.45) is 0 Å². The third-order valence-electron chi connectivity index (χ3n) is 5.28. The van der Waals surface area contributed by atoms with Crippen LogP contribution in [0.4, 0.5) is 0 Å². The Morgan fingerprint density at radius 3 is 2.69 bits per heavy atom. The summed E-state index contributed by atoms with van der Waals surface area (Å²) in [5.41, 5.74) is 5.86. The van der Waals surface area contributed by atoms with E-state index >= 15 is 0 Å². The number of para-hydroxylation sites is 1. The van der Waals surface area contributed by atoms with E-state index in [1.807, 2.05) is 11.0 Å². The van der Waals surface area contributed by atoms with E-state index in [9.17, 15) is 4.79 Å². The molecule has 1 aliphatic heterocycles. The Morgan fingerprint density at radius 1 is 1.15 bits per heavy atom. The minimum atomic E-state index is 0.0881. The van der Waals surface area contributed by atoms with E-state index in [0.717, 1.165) is 23.2 Å².